The highest BCUT2D eigenvalue weighted by atomic mass is 19.1. The molecule has 3 fully saturated rings. The number of rotatable bonds is 0. The van der Waals surface area contributed by atoms with Gasteiger partial charge in [-0.2, -0.15) is 0 Å². The van der Waals surface area contributed by atoms with Crippen molar-refractivity contribution in [1.82, 2.24) is 0 Å². The molecule has 4 aliphatic rings. The molecule has 4 rings (SSSR count). The number of carbonyl (C=O) groups excluding carboxylic acids is 1. The Kier molecular flexibility index (Phi) is 3.22. The quantitative estimate of drug-likeness (QED) is 0.725. The van der Waals surface area contributed by atoms with Crippen LogP contribution < -0.4 is 0 Å². The molecule has 128 valence electrons. The van der Waals surface area contributed by atoms with E-state index >= 15 is 4.39 Å². The van der Waals surface area contributed by atoms with E-state index in [1.807, 2.05) is 13.0 Å². The van der Waals surface area contributed by atoms with Crippen LogP contribution in [0.25, 0.3) is 0 Å². The summed E-state index contributed by atoms with van der Waals surface area (Å²) in [6.45, 7) is 6.23. The summed E-state index contributed by atoms with van der Waals surface area (Å²) in [5.74, 6) is 1.02. The summed E-state index contributed by atoms with van der Waals surface area (Å²) < 4.78 is 15.4. The van der Waals surface area contributed by atoms with Crippen LogP contribution in [-0.2, 0) is 4.79 Å². The van der Waals surface area contributed by atoms with Gasteiger partial charge in [0.25, 0.3) is 0 Å². The molecule has 23 heavy (non-hydrogen) atoms. The van der Waals surface area contributed by atoms with Crippen LogP contribution in [0.2, 0.25) is 0 Å². The van der Waals surface area contributed by atoms with Gasteiger partial charge in [-0.1, -0.05) is 19.4 Å². The Hall–Kier alpha value is -0.700. The summed E-state index contributed by atoms with van der Waals surface area (Å²) in [5.41, 5.74) is 0.0137. The maximum absolute atomic E-state index is 15.4. The van der Waals surface area contributed by atoms with E-state index < -0.39 is 11.8 Å². The highest BCUT2D eigenvalue weighted by Crippen LogP contribution is 2.67. The van der Waals surface area contributed by atoms with Crippen molar-refractivity contribution < 1.29 is 14.3 Å². The number of allylic oxidation sites excluding steroid dienone is 1. The van der Waals surface area contributed by atoms with E-state index in [1.165, 1.54) is 5.57 Å². The zero-order chi connectivity index (χ0) is 16.6. The molecule has 1 N–H and O–H groups in total. The number of alkyl halides is 1. The lowest BCUT2D eigenvalue weighted by Gasteiger charge is -2.59. The zero-order valence-electron chi connectivity index (χ0n) is 14.6. The molecular formula is C20H29FO2. The van der Waals surface area contributed by atoms with Gasteiger partial charge in [0.05, 0.1) is 5.60 Å². The van der Waals surface area contributed by atoms with Gasteiger partial charge in [0.1, 0.15) is 6.17 Å². The Morgan fingerprint density at radius 2 is 1.91 bits per heavy atom. The van der Waals surface area contributed by atoms with Crippen molar-refractivity contribution >= 4 is 5.78 Å². The fourth-order valence-corrected chi connectivity index (χ4v) is 6.84. The predicted molar refractivity (Wildman–Crippen MR) is 87.6 cm³/mol. The molecule has 3 heteroatoms. The third-order valence-corrected chi connectivity index (χ3v) is 8.42. The lowest BCUT2D eigenvalue weighted by Crippen LogP contribution is -2.58. The number of carbonyl (C=O) groups is 1. The first-order chi connectivity index (χ1) is 10.7. The van der Waals surface area contributed by atoms with Crippen LogP contribution in [0.15, 0.2) is 11.6 Å². The third-order valence-electron chi connectivity index (χ3n) is 8.42. The Morgan fingerprint density at radius 3 is 2.65 bits per heavy atom. The van der Waals surface area contributed by atoms with E-state index in [0.717, 1.165) is 32.1 Å². The van der Waals surface area contributed by atoms with Gasteiger partial charge in [-0.25, -0.2) is 4.39 Å². The minimum atomic E-state index is -0.868. The normalized spacial score (nSPS) is 55.7. The lowest BCUT2D eigenvalue weighted by molar-refractivity contribution is -0.148. The lowest BCUT2D eigenvalue weighted by atomic mass is 9.46. The average molecular weight is 320 g/mol. The van der Waals surface area contributed by atoms with Gasteiger partial charge in [-0.05, 0) is 68.8 Å². The summed E-state index contributed by atoms with van der Waals surface area (Å²) in [5, 5.41) is 10.9. The molecule has 0 amide bonds. The molecule has 0 unspecified atom stereocenters. The molecule has 0 aromatic carbocycles. The molecule has 3 saturated carbocycles. The Labute approximate surface area is 138 Å². The van der Waals surface area contributed by atoms with Crippen molar-refractivity contribution in [3.05, 3.63) is 11.6 Å². The molecule has 0 aliphatic heterocycles. The van der Waals surface area contributed by atoms with E-state index in [2.05, 4.69) is 13.8 Å². The van der Waals surface area contributed by atoms with Crippen molar-refractivity contribution in [1.29, 1.82) is 0 Å². The van der Waals surface area contributed by atoms with E-state index in [0.29, 0.717) is 24.7 Å². The minimum Gasteiger partial charge on any atom is -0.390 e. The fraction of sp³-hybridized carbons (Fsp3) is 0.850. The van der Waals surface area contributed by atoms with E-state index in [9.17, 15) is 9.90 Å². The first-order valence-electron chi connectivity index (χ1n) is 9.29. The predicted octanol–water partition coefficient (Wildman–Crippen LogP) is 4.22. The summed E-state index contributed by atoms with van der Waals surface area (Å²) in [6, 6.07) is 0. The molecule has 7 atom stereocenters. The molecule has 0 bridgehead atoms. The first kappa shape index (κ1) is 15.8. The van der Waals surface area contributed by atoms with Crippen molar-refractivity contribution in [3.63, 3.8) is 0 Å². The highest BCUT2D eigenvalue weighted by Gasteiger charge is 2.65. The molecule has 0 saturated heterocycles. The molecule has 0 heterocycles. The van der Waals surface area contributed by atoms with Crippen molar-refractivity contribution in [2.75, 3.05) is 0 Å². The SMILES string of the molecule is C[C@]12CCC(=O)C=C1CC[C@@H]1[C@@H]2[C@@H](F)C[C@@]2(C)[C@H]1CC[C@]2(C)O. The van der Waals surface area contributed by atoms with E-state index in [1.54, 1.807) is 0 Å². The smallest absolute Gasteiger partial charge is 0.155 e. The summed E-state index contributed by atoms with van der Waals surface area (Å²) in [7, 11) is 0. The standard InChI is InChI=1S/C20H29FO2/c1-18-8-6-13(22)10-12(18)4-5-14-15-7-9-20(3,23)19(15,2)11-16(21)17(14)18/h10,14-17,23H,4-9,11H2,1-3H3/t14-,15-,16-,17+,18-,19-,20-/m0/s1. The van der Waals surface area contributed by atoms with Gasteiger partial charge in [0, 0.05) is 17.8 Å². The maximum Gasteiger partial charge on any atom is 0.155 e. The van der Waals surface area contributed by atoms with Crippen LogP contribution >= 0.6 is 0 Å². The molecule has 0 aromatic rings. The van der Waals surface area contributed by atoms with Gasteiger partial charge in [0.15, 0.2) is 5.78 Å². The van der Waals surface area contributed by atoms with Crippen molar-refractivity contribution in [2.24, 2.45) is 28.6 Å². The highest BCUT2D eigenvalue weighted by molar-refractivity contribution is 5.91. The summed E-state index contributed by atoms with van der Waals surface area (Å²) in [4.78, 5) is 11.8. The molecular weight excluding hydrogens is 291 g/mol. The molecule has 0 spiro atoms. The van der Waals surface area contributed by atoms with Crippen LogP contribution in [0.4, 0.5) is 4.39 Å². The summed E-state index contributed by atoms with van der Waals surface area (Å²) in [6.07, 6.45) is 6.53. The van der Waals surface area contributed by atoms with Crippen LogP contribution in [0.1, 0.15) is 65.7 Å². The third kappa shape index (κ3) is 1.92. The molecule has 2 nitrogen and oxygen atoms in total. The average Bonchev–Trinajstić information content (AvgIpc) is 2.69. The van der Waals surface area contributed by atoms with Gasteiger partial charge in [0.2, 0.25) is 0 Å². The van der Waals surface area contributed by atoms with Crippen LogP contribution in [0.3, 0.4) is 0 Å². The number of hydrogen-bond acceptors (Lipinski definition) is 2. The van der Waals surface area contributed by atoms with Crippen molar-refractivity contribution in [2.45, 2.75) is 77.5 Å². The zero-order valence-corrected chi connectivity index (χ0v) is 14.6. The van der Waals surface area contributed by atoms with Crippen LogP contribution in [0.5, 0.6) is 0 Å². The van der Waals surface area contributed by atoms with E-state index in [-0.39, 0.29) is 22.5 Å². The maximum atomic E-state index is 15.4. The Morgan fingerprint density at radius 1 is 1.17 bits per heavy atom. The van der Waals surface area contributed by atoms with Crippen LogP contribution in [-0.4, -0.2) is 22.7 Å². The fourth-order valence-electron chi connectivity index (χ4n) is 6.84. The van der Waals surface area contributed by atoms with Gasteiger partial charge in [-0.15, -0.1) is 0 Å². The Balaban J connectivity index is 1.75. The Bertz CT molecular complexity index is 580. The number of hydrogen-bond donors (Lipinski definition) is 1. The molecule has 4 aliphatic carbocycles. The van der Waals surface area contributed by atoms with E-state index in [4.69, 9.17) is 0 Å². The van der Waals surface area contributed by atoms with Gasteiger partial charge in [-0.3, -0.25) is 4.79 Å². The number of ketones is 1. The van der Waals surface area contributed by atoms with Crippen molar-refractivity contribution in [3.8, 4) is 0 Å². The number of halogens is 1. The second kappa shape index (κ2) is 4.68. The summed E-state index contributed by atoms with van der Waals surface area (Å²) >= 11 is 0. The topological polar surface area (TPSA) is 37.3 Å². The monoisotopic (exact) mass is 320 g/mol. The molecule has 0 aromatic heterocycles. The largest absolute Gasteiger partial charge is 0.390 e. The molecule has 0 radical (unpaired) electrons. The number of fused-ring (bicyclic) bond motifs is 5. The second-order valence-corrected chi connectivity index (χ2v) is 9.34. The second-order valence-electron chi connectivity index (χ2n) is 9.34. The van der Waals surface area contributed by atoms with Crippen LogP contribution in [0, 0.1) is 28.6 Å². The minimum absolute atomic E-state index is 0.0302. The first-order valence-corrected chi connectivity index (χ1v) is 9.29. The number of aliphatic hydroxyl groups is 1. The van der Waals surface area contributed by atoms with Gasteiger partial charge < -0.3 is 5.11 Å². The van der Waals surface area contributed by atoms with Gasteiger partial charge >= 0.3 is 0 Å².